The second-order valence-corrected chi connectivity index (χ2v) is 5.37. The zero-order valence-electron chi connectivity index (χ0n) is 12.3. The second kappa shape index (κ2) is 5.46. The molecule has 1 N–H and O–H groups in total. The van der Waals surface area contributed by atoms with Gasteiger partial charge in [0.2, 0.25) is 5.78 Å². The summed E-state index contributed by atoms with van der Waals surface area (Å²) in [5.41, 5.74) is 0.615. The van der Waals surface area contributed by atoms with Crippen molar-refractivity contribution in [2.24, 2.45) is 5.92 Å². The summed E-state index contributed by atoms with van der Waals surface area (Å²) in [7, 11) is 1.47. The number of carbonyl (C=O) groups excluding carboxylic acids is 2. The van der Waals surface area contributed by atoms with E-state index >= 15 is 0 Å². The maximum Gasteiger partial charge on any atom is 0.306 e. The average Bonchev–Trinajstić information content (AvgIpc) is 3.01. The van der Waals surface area contributed by atoms with Gasteiger partial charge in [-0.3, -0.25) is 9.59 Å². The highest BCUT2D eigenvalue weighted by Gasteiger charge is 2.40. The lowest BCUT2D eigenvalue weighted by Crippen LogP contribution is -2.23. The fourth-order valence-corrected chi connectivity index (χ4v) is 2.85. The molecular formula is C16H16O6. The lowest BCUT2D eigenvalue weighted by Gasteiger charge is -2.17. The number of methoxy groups -OCH3 is 1. The summed E-state index contributed by atoms with van der Waals surface area (Å²) in [4.78, 5) is 24.0. The van der Waals surface area contributed by atoms with Gasteiger partial charge in [-0.2, -0.15) is 0 Å². The Morgan fingerprint density at radius 2 is 2.18 bits per heavy atom. The van der Waals surface area contributed by atoms with Crippen LogP contribution in [-0.2, 0) is 9.53 Å². The lowest BCUT2D eigenvalue weighted by atomic mass is 9.95. The van der Waals surface area contributed by atoms with E-state index in [1.54, 1.807) is 18.2 Å². The highest BCUT2D eigenvalue weighted by atomic mass is 16.6. The molecule has 6 heteroatoms. The third-order valence-corrected chi connectivity index (χ3v) is 3.92. The van der Waals surface area contributed by atoms with E-state index in [4.69, 9.17) is 14.2 Å². The maximum absolute atomic E-state index is 12.6. The zero-order valence-corrected chi connectivity index (χ0v) is 12.3. The van der Waals surface area contributed by atoms with E-state index in [0.29, 0.717) is 22.6 Å². The Bertz CT molecular complexity index is 675. The van der Waals surface area contributed by atoms with Gasteiger partial charge in [-0.1, -0.05) is 13.0 Å². The maximum atomic E-state index is 12.6. The number of hydrogen-bond donors (Lipinski definition) is 1. The van der Waals surface area contributed by atoms with Gasteiger partial charge < -0.3 is 19.3 Å². The molecule has 0 saturated carbocycles. The molecule has 116 valence electrons. The van der Waals surface area contributed by atoms with Crippen molar-refractivity contribution in [2.45, 2.75) is 19.4 Å². The summed E-state index contributed by atoms with van der Waals surface area (Å²) in [5.74, 6) is -0.0255. The summed E-state index contributed by atoms with van der Waals surface area (Å²) in [6, 6.07) is 5.03. The minimum atomic E-state index is -0.642. The van der Waals surface area contributed by atoms with E-state index in [1.807, 2.05) is 6.92 Å². The Balaban J connectivity index is 2.05. The summed E-state index contributed by atoms with van der Waals surface area (Å²) in [5, 5.41) is 9.66. The number of aliphatic hydroxyl groups excluding tert-OH is 1. The van der Waals surface area contributed by atoms with Crippen molar-refractivity contribution < 1.29 is 28.9 Å². The van der Waals surface area contributed by atoms with Crippen LogP contribution in [0.25, 0.3) is 0 Å². The molecule has 1 aromatic carbocycles. The highest BCUT2D eigenvalue weighted by Crippen LogP contribution is 2.40. The van der Waals surface area contributed by atoms with Crippen molar-refractivity contribution in [3.05, 3.63) is 35.1 Å². The number of allylic oxidation sites excluding steroid dienone is 1. The van der Waals surface area contributed by atoms with Crippen LogP contribution < -0.4 is 9.47 Å². The fourth-order valence-electron chi connectivity index (χ4n) is 2.85. The second-order valence-electron chi connectivity index (χ2n) is 5.37. The Hall–Kier alpha value is -2.34. The number of hydrogen-bond acceptors (Lipinski definition) is 6. The van der Waals surface area contributed by atoms with Crippen molar-refractivity contribution >= 4 is 11.8 Å². The first-order valence-electron chi connectivity index (χ1n) is 6.99. The first kappa shape index (κ1) is 14.6. The van der Waals surface area contributed by atoms with Crippen LogP contribution in [0.15, 0.2) is 29.5 Å². The van der Waals surface area contributed by atoms with E-state index in [2.05, 4.69) is 0 Å². The Labute approximate surface area is 127 Å². The van der Waals surface area contributed by atoms with E-state index < -0.39 is 12.7 Å². The van der Waals surface area contributed by atoms with Gasteiger partial charge in [0, 0.05) is 11.5 Å². The molecule has 1 saturated heterocycles. The molecule has 0 bridgehead atoms. The monoisotopic (exact) mass is 304 g/mol. The number of carbonyl (C=O) groups is 2. The standard InChI is InChI=1S/C16H16O6/c1-8-6-12(18)22-15(8)9(7-17)16-14(19)13-10(20-2)4-3-5-11(13)21-16/h3-5,8,15,17H,6-7H2,1-2H3/t8-,15+/m0/s1. The molecule has 3 rings (SSSR count). The number of fused-ring (bicyclic) bond motifs is 1. The number of Topliss-reactive ketones (excluding diaryl/α,β-unsaturated/α-hetero) is 1. The van der Waals surface area contributed by atoms with Gasteiger partial charge >= 0.3 is 5.97 Å². The molecule has 6 nitrogen and oxygen atoms in total. The van der Waals surface area contributed by atoms with Crippen LogP contribution in [0.1, 0.15) is 23.7 Å². The summed E-state index contributed by atoms with van der Waals surface area (Å²) in [6.07, 6.45) is -0.386. The molecule has 0 amide bonds. The van der Waals surface area contributed by atoms with Crippen LogP contribution in [0.4, 0.5) is 0 Å². The van der Waals surface area contributed by atoms with Crippen molar-refractivity contribution in [2.75, 3.05) is 13.7 Å². The number of aliphatic hydroxyl groups is 1. The molecule has 0 aromatic heterocycles. The van der Waals surface area contributed by atoms with Gasteiger partial charge in [-0.15, -0.1) is 0 Å². The number of esters is 1. The summed E-state index contributed by atoms with van der Waals surface area (Å²) >= 11 is 0. The van der Waals surface area contributed by atoms with E-state index in [0.717, 1.165) is 0 Å². The number of ketones is 1. The predicted molar refractivity (Wildman–Crippen MR) is 75.7 cm³/mol. The molecule has 1 aromatic rings. The van der Waals surface area contributed by atoms with Gasteiger partial charge in [0.25, 0.3) is 0 Å². The molecule has 2 aliphatic heterocycles. The largest absolute Gasteiger partial charge is 0.496 e. The number of cyclic esters (lactones) is 1. The summed E-state index contributed by atoms with van der Waals surface area (Å²) < 4.78 is 16.0. The fraction of sp³-hybridized carbons (Fsp3) is 0.375. The number of ether oxygens (including phenoxy) is 3. The first-order valence-corrected chi connectivity index (χ1v) is 6.99. The van der Waals surface area contributed by atoms with Gasteiger partial charge in [0.1, 0.15) is 23.2 Å². The molecule has 0 unspecified atom stereocenters. The molecule has 0 spiro atoms. The van der Waals surface area contributed by atoms with Crippen molar-refractivity contribution in [3.8, 4) is 11.5 Å². The Morgan fingerprint density at radius 3 is 2.77 bits per heavy atom. The van der Waals surface area contributed by atoms with Crippen LogP contribution >= 0.6 is 0 Å². The van der Waals surface area contributed by atoms with E-state index in [9.17, 15) is 14.7 Å². The topological polar surface area (TPSA) is 82.1 Å². The van der Waals surface area contributed by atoms with Crippen LogP contribution in [0, 0.1) is 5.92 Å². The van der Waals surface area contributed by atoms with Crippen molar-refractivity contribution in [1.29, 1.82) is 0 Å². The van der Waals surface area contributed by atoms with Gasteiger partial charge in [0.05, 0.1) is 20.1 Å². The molecule has 2 atom stereocenters. The van der Waals surface area contributed by atoms with Crippen LogP contribution in [-0.4, -0.2) is 36.7 Å². The molecule has 0 radical (unpaired) electrons. The lowest BCUT2D eigenvalue weighted by molar-refractivity contribution is -0.140. The van der Waals surface area contributed by atoms with Crippen molar-refractivity contribution in [1.82, 2.24) is 0 Å². The minimum Gasteiger partial charge on any atom is -0.496 e. The molecular weight excluding hydrogens is 288 g/mol. The van der Waals surface area contributed by atoms with E-state index in [-0.39, 0.29) is 29.9 Å². The van der Waals surface area contributed by atoms with Gasteiger partial charge in [-0.25, -0.2) is 0 Å². The van der Waals surface area contributed by atoms with Crippen LogP contribution in [0.2, 0.25) is 0 Å². The molecule has 1 fully saturated rings. The molecule has 22 heavy (non-hydrogen) atoms. The average molecular weight is 304 g/mol. The quantitative estimate of drug-likeness (QED) is 0.672. The normalized spacial score (nSPS) is 25.6. The van der Waals surface area contributed by atoms with Gasteiger partial charge in [0.15, 0.2) is 5.76 Å². The number of rotatable bonds is 3. The Morgan fingerprint density at radius 1 is 1.41 bits per heavy atom. The predicted octanol–water partition coefficient (Wildman–Crippen LogP) is 1.47. The molecule has 2 aliphatic rings. The van der Waals surface area contributed by atoms with Gasteiger partial charge in [-0.05, 0) is 12.1 Å². The zero-order chi connectivity index (χ0) is 15.9. The SMILES string of the molecule is COc1cccc2c1C(=O)C(=C(CO)[C@@H]1OC(=O)C[C@@H]1C)O2. The highest BCUT2D eigenvalue weighted by molar-refractivity contribution is 6.14. The molecule has 2 heterocycles. The van der Waals surface area contributed by atoms with E-state index in [1.165, 1.54) is 7.11 Å². The Kier molecular flexibility index (Phi) is 3.62. The minimum absolute atomic E-state index is 0.0218. The van der Waals surface area contributed by atoms with Crippen LogP contribution in [0.3, 0.4) is 0 Å². The molecule has 0 aliphatic carbocycles. The summed E-state index contributed by atoms with van der Waals surface area (Å²) in [6.45, 7) is 1.42. The first-order chi connectivity index (χ1) is 10.6. The third kappa shape index (κ3) is 2.16. The van der Waals surface area contributed by atoms with Crippen LogP contribution in [0.5, 0.6) is 11.5 Å². The third-order valence-electron chi connectivity index (χ3n) is 3.92. The van der Waals surface area contributed by atoms with Crippen molar-refractivity contribution in [3.63, 3.8) is 0 Å². The smallest absolute Gasteiger partial charge is 0.306 e. The number of benzene rings is 1.